The van der Waals surface area contributed by atoms with Crippen molar-refractivity contribution < 1.29 is 4.39 Å². The van der Waals surface area contributed by atoms with E-state index in [4.69, 9.17) is 5.84 Å². The van der Waals surface area contributed by atoms with Gasteiger partial charge in [-0.2, -0.15) is 0 Å². The van der Waals surface area contributed by atoms with Gasteiger partial charge in [0.15, 0.2) is 0 Å². The molecular formula is C13H14FN3. The first kappa shape index (κ1) is 11.7. The summed E-state index contributed by atoms with van der Waals surface area (Å²) in [6.45, 7) is 0. The smallest absolute Gasteiger partial charge is 0.123 e. The van der Waals surface area contributed by atoms with Crippen LogP contribution < -0.4 is 11.3 Å². The van der Waals surface area contributed by atoms with Gasteiger partial charge < -0.3 is 0 Å². The molecule has 0 saturated carbocycles. The Morgan fingerprint density at radius 2 is 2.00 bits per heavy atom. The number of pyridine rings is 1. The summed E-state index contributed by atoms with van der Waals surface area (Å²) < 4.78 is 13.1. The Morgan fingerprint density at radius 1 is 1.24 bits per heavy atom. The van der Waals surface area contributed by atoms with Crippen LogP contribution in [-0.2, 0) is 6.42 Å². The van der Waals surface area contributed by atoms with Crippen LogP contribution >= 0.6 is 0 Å². The Labute approximate surface area is 99.5 Å². The molecule has 1 heterocycles. The van der Waals surface area contributed by atoms with E-state index in [9.17, 15) is 4.39 Å². The topological polar surface area (TPSA) is 50.9 Å². The number of nitrogens with zero attached hydrogens (tertiary/aromatic N) is 1. The van der Waals surface area contributed by atoms with Crippen LogP contribution in [0.25, 0.3) is 0 Å². The quantitative estimate of drug-likeness (QED) is 0.624. The van der Waals surface area contributed by atoms with E-state index >= 15 is 0 Å². The summed E-state index contributed by atoms with van der Waals surface area (Å²) >= 11 is 0. The molecule has 1 aromatic carbocycles. The van der Waals surface area contributed by atoms with Crippen LogP contribution in [0, 0.1) is 5.82 Å². The van der Waals surface area contributed by atoms with Crippen LogP contribution in [0.4, 0.5) is 4.39 Å². The normalized spacial score (nSPS) is 12.4. The van der Waals surface area contributed by atoms with Gasteiger partial charge in [-0.3, -0.25) is 16.3 Å². The predicted molar refractivity (Wildman–Crippen MR) is 64.4 cm³/mol. The second-order valence-corrected chi connectivity index (χ2v) is 3.83. The number of rotatable bonds is 4. The number of benzene rings is 1. The fourth-order valence-electron chi connectivity index (χ4n) is 1.77. The summed E-state index contributed by atoms with van der Waals surface area (Å²) in [5, 5.41) is 0. The van der Waals surface area contributed by atoms with Gasteiger partial charge in [-0.05, 0) is 41.8 Å². The number of halogens is 1. The summed E-state index contributed by atoms with van der Waals surface area (Å²) in [6.07, 6.45) is 4.06. The maximum absolute atomic E-state index is 13.1. The van der Waals surface area contributed by atoms with Crippen molar-refractivity contribution in [2.75, 3.05) is 0 Å². The average molecular weight is 231 g/mol. The summed E-state index contributed by atoms with van der Waals surface area (Å²) in [6, 6.07) is 10.3. The first-order valence-electron chi connectivity index (χ1n) is 5.40. The lowest BCUT2D eigenvalue weighted by atomic mass is 10.0. The number of hydrazine groups is 1. The lowest BCUT2D eigenvalue weighted by molar-refractivity contribution is 0.548. The van der Waals surface area contributed by atoms with Gasteiger partial charge in [0, 0.05) is 12.4 Å². The van der Waals surface area contributed by atoms with E-state index in [1.165, 1.54) is 12.1 Å². The molecule has 2 aromatic rings. The highest BCUT2D eigenvalue weighted by Gasteiger charge is 2.10. The van der Waals surface area contributed by atoms with Gasteiger partial charge in [-0.25, -0.2) is 4.39 Å². The Kier molecular flexibility index (Phi) is 3.80. The first-order valence-corrected chi connectivity index (χ1v) is 5.40. The van der Waals surface area contributed by atoms with E-state index in [0.29, 0.717) is 6.42 Å². The maximum Gasteiger partial charge on any atom is 0.123 e. The lowest BCUT2D eigenvalue weighted by Crippen LogP contribution is -2.29. The van der Waals surface area contributed by atoms with E-state index in [1.54, 1.807) is 18.5 Å². The average Bonchev–Trinajstić information content (AvgIpc) is 2.37. The van der Waals surface area contributed by atoms with Crippen LogP contribution in [-0.4, -0.2) is 4.98 Å². The van der Waals surface area contributed by atoms with Crippen molar-refractivity contribution in [3.63, 3.8) is 0 Å². The molecule has 0 aliphatic carbocycles. The molecular weight excluding hydrogens is 217 g/mol. The molecule has 3 N–H and O–H groups in total. The van der Waals surface area contributed by atoms with Crippen LogP contribution in [0.2, 0.25) is 0 Å². The summed E-state index contributed by atoms with van der Waals surface area (Å²) in [5.41, 5.74) is 4.68. The van der Waals surface area contributed by atoms with E-state index in [1.807, 2.05) is 18.2 Å². The van der Waals surface area contributed by atoms with Crippen molar-refractivity contribution in [2.24, 2.45) is 5.84 Å². The first-order chi connectivity index (χ1) is 8.29. The molecule has 0 aliphatic heterocycles. The summed E-state index contributed by atoms with van der Waals surface area (Å²) in [4.78, 5) is 3.95. The standard InChI is InChI=1S/C13H14FN3/c14-12-3-1-2-10(8-12)9-13(17-15)11-4-6-16-7-5-11/h1-8,13,17H,9,15H2. The highest BCUT2D eigenvalue weighted by Crippen LogP contribution is 2.17. The van der Waals surface area contributed by atoms with Gasteiger partial charge >= 0.3 is 0 Å². The third-order valence-corrected chi connectivity index (χ3v) is 2.64. The molecule has 0 spiro atoms. The molecule has 0 aliphatic rings. The van der Waals surface area contributed by atoms with E-state index < -0.39 is 0 Å². The van der Waals surface area contributed by atoms with Gasteiger partial charge in [0.25, 0.3) is 0 Å². The Bertz CT molecular complexity index is 473. The number of aromatic nitrogens is 1. The number of nitrogens with two attached hydrogens (primary N) is 1. The molecule has 3 nitrogen and oxygen atoms in total. The van der Waals surface area contributed by atoms with Crippen molar-refractivity contribution in [2.45, 2.75) is 12.5 Å². The molecule has 2 rings (SSSR count). The van der Waals surface area contributed by atoms with Gasteiger partial charge in [-0.15, -0.1) is 0 Å². The zero-order valence-corrected chi connectivity index (χ0v) is 9.31. The zero-order chi connectivity index (χ0) is 12.1. The second-order valence-electron chi connectivity index (χ2n) is 3.83. The van der Waals surface area contributed by atoms with Crippen molar-refractivity contribution >= 4 is 0 Å². The van der Waals surface area contributed by atoms with Gasteiger partial charge in [0.1, 0.15) is 5.82 Å². The second kappa shape index (κ2) is 5.52. The largest absolute Gasteiger partial charge is 0.271 e. The lowest BCUT2D eigenvalue weighted by Gasteiger charge is -2.16. The highest BCUT2D eigenvalue weighted by molar-refractivity contribution is 5.22. The monoisotopic (exact) mass is 231 g/mol. The van der Waals surface area contributed by atoms with Gasteiger partial charge in [0.2, 0.25) is 0 Å². The zero-order valence-electron chi connectivity index (χ0n) is 9.31. The molecule has 4 heteroatoms. The summed E-state index contributed by atoms with van der Waals surface area (Å²) in [7, 11) is 0. The van der Waals surface area contributed by atoms with Crippen LogP contribution in [0.1, 0.15) is 17.2 Å². The van der Waals surface area contributed by atoms with Crippen molar-refractivity contribution in [3.8, 4) is 0 Å². The third kappa shape index (κ3) is 3.09. The molecule has 17 heavy (non-hydrogen) atoms. The number of hydrogen-bond acceptors (Lipinski definition) is 3. The van der Waals surface area contributed by atoms with Crippen LogP contribution in [0.3, 0.4) is 0 Å². The highest BCUT2D eigenvalue weighted by atomic mass is 19.1. The SMILES string of the molecule is NNC(Cc1cccc(F)c1)c1ccncc1. The van der Waals surface area contributed by atoms with Crippen molar-refractivity contribution in [1.82, 2.24) is 10.4 Å². The maximum atomic E-state index is 13.1. The molecule has 0 saturated heterocycles. The van der Waals surface area contributed by atoms with E-state index in [2.05, 4.69) is 10.4 Å². The number of nitrogens with one attached hydrogen (secondary N) is 1. The predicted octanol–water partition coefficient (Wildman–Crippen LogP) is 1.97. The molecule has 1 atom stereocenters. The Hall–Kier alpha value is -1.78. The van der Waals surface area contributed by atoms with Crippen LogP contribution in [0.15, 0.2) is 48.8 Å². The molecule has 0 fully saturated rings. The molecule has 0 bridgehead atoms. The molecule has 1 aromatic heterocycles. The molecule has 0 amide bonds. The van der Waals surface area contributed by atoms with Crippen LogP contribution in [0.5, 0.6) is 0 Å². The Balaban J connectivity index is 2.16. The van der Waals surface area contributed by atoms with E-state index in [0.717, 1.165) is 11.1 Å². The Morgan fingerprint density at radius 3 is 2.65 bits per heavy atom. The van der Waals surface area contributed by atoms with Crippen molar-refractivity contribution in [1.29, 1.82) is 0 Å². The minimum Gasteiger partial charge on any atom is -0.271 e. The molecule has 0 radical (unpaired) electrons. The fourth-order valence-corrected chi connectivity index (χ4v) is 1.77. The van der Waals surface area contributed by atoms with Gasteiger partial charge in [-0.1, -0.05) is 12.1 Å². The minimum absolute atomic E-state index is 0.0419. The molecule has 88 valence electrons. The summed E-state index contributed by atoms with van der Waals surface area (Å²) in [5.74, 6) is 5.30. The van der Waals surface area contributed by atoms with Gasteiger partial charge in [0.05, 0.1) is 6.04 Å². The third-order valence-electron chi connectivity index (χ3n) is 2.64. The molecule has 1 unspecified atom stereocenters. The van der Waals surface area contributed by atoms with E-state index in [-0.39, 0.29) is 11.9 Å². The van der Waals surface area contributed by atoms with Crippen molar-refractivity contribution in [3.05, 3.63) is 65.7 Å². The minimum atomic E-state index is -0.229. The number of hydrogen-bond donors (Lipinski definition) is 2. The fraction of sp³-hybridized carbons (Fsp3) is 0.154.